The van der Waals surface area contributed by atoms with Crippen molar-refractivity contribution in [3.8, 4) is 11.5 Å². The van der Waals surface area contributed by atoms with Gasteiger partial charge < -0.3 is 19.3 Å². The Balaban J connectivity index is 1.58. The summed E-state index contributed by atoms with van der Waals surface area (Å²) in [5.41, 5.74) is 2.75. The number of hydrogen-bond acceptors (Lipinski definition) is 5. The van der Waals surface area contributed by atoms with Gasteiger partial charge in [-0.1, -0.05) is 6.07 Å². The van der Waals surface area contributed by atoms with E-state index in [9.17, 15) is 4.79 Å². The fourth-order valence-electron chi connectivity index (χ4n) is 3.85. The highest BCUT2D eigenvalue weighted by atomic mass is 16.5. The van der Waals surface area contributed by atoms with Gasteiger partial charge in [0.25, 0.3) is 5.91 Å². The van der Waals surface area contributed by atoms with Crippen molar-refractivity contribution >= 4 is 5.91 Å². The second-order valence-corrected chi connectivity index (χ2v) is 7.76. The van der Waals surface area contributed by atoms with E-state index in [2.05, 4.69) is 23.1 Å². The summed E-state index contributed by atoms with van der Waals surface area (Å²) >= 11 is 0. The topological polar surface area (TPSA) is 59.8 Å². The maximum absolute atomic E-state index is 12.8. The summed E-state index contributed by atoms with van der Waals surface area (Å²) in [5, 5.41) is 4.35. The Morgan fingerprint density at radius 1 is 1.24 bits per heavy atom. The standard InChI is InChI=1S/C22H32N4O3/c1-16-13-19(23-25(16)3)22(27)26-11-6-7-18(15-26)24(2)12-10-17-8-9-20(28-4)21(14-17)29-5/h8-9,13-14,18H,6-7,10-12,15H2,1-5H3/t18-/m0/s1. The maximum Gasteiger partial charge on any atom is 0.274 e. The fraction of sp³-hybridized carbons (Fsp3) is 0.545. The minimum Gasteiger partial charge on any atom is -0.493 e. The summed E-state index contributed by atoms with van der Waals surface area (Å²) in [6.45, 7) is 4.43. The number of amides is 1. The van der Waals surface area contributed by atoms with E-state index in [0.717, 1.165) is 56.1 Å². The van der Waals surface area contributed by atoms with Crippen LogP contribution in [0.25, 0.3) is 0 Å². The number of likely N-dealkylation sites (tertiary alicyclic amines) is 1. The van der Waals surface area contributed by atoms with Crippen LogP contribution in [0.1, 0.15) is 34.6 Å². The molecule has 1 aromatic heterocycles. The lowest BCUT2D eigenvalue weighted by Gasteiger charge is -2.37. The van der Waals surface area contributed by atoms with Gasteiger partial charge in [0, 0.05) is 38.4 Å². The molecule has 1 saturated heterocycles. The van der Waals surface area contributed by atoms with E-state index in [1.807, 2.05) is 37.1 Å². The highest BCUT2D eigenvalue weighted by Crippen LogP contribution is 2.28. The van der Waals surface area contributed by atoms with Crippen molar-refractivity contribution in [2.75, 3.05) is 40.9 Å². The van der Waals surface area contributed by atoms with Gasteiger partial charge in [-0.05, 0) is 57.0 Å². The molecule has 2 heterocycles. The number of carbonyl (C=O) groups is 1. The molecule has 0 bridgehead atoms. The van der Waals surface area contributed by atoms with E-state index in [0.29, 0.717) is 11.7 Å². The van der Waals surface area contributed by atoms with Gasteiger partial charge in [0.2, 0.25) is 0 Å². The predicted octanol–water partition coefficient (Wildman–Crippen LogP) is 2.52. The average Bonchev–Trinajstić information content (AvgIpc) is 3.09. The minimum atomic E-state index is 0.0340. The van der Waals surface area contributed by atoms with Crippen LogP contribution in [0.15, 0.2) is 24.3 Å². The summed E-state index contributed by atoms with van der Waals surface area (Å²) in [7, 11) is 7.32. The van der Waals surface area contributed by atoms with Crippen molar-refractivity contribution < 1.29 is 14.3 Å². The van der Waals surface area contributed by atoms with Gasteiger partial charge in [0.1, 0.15) is 0 Å². The van der Waals surface area contributed by atoms with Gasteiger partial charge >= 0.3 is 0 Å². The van der Waals surface area contributed by atoms with E-state index in [1.165, 1.54) is 5.56 Å². The second-order valence-electron chi connectivity index (χ2n) is 7.76. The van der Waals surface area contributed by atoms with Crippen LogP contribution in [-0.2, 0) is 13.5 Å². The van der Waals surface area contributed by atoms with Crippen LogP contribution < -0.4 is 9.47 Å². The molecule has 1 aliphatic heterocycles. The number of aromatic nitrogens is 2. The Morgan fingerprint density at radius 3 is 2.66 bits per heavy atom. The number of hydrogen-bond donors (Lipinski definition) is 0. The molecule has 29 heavy (non-hydrogen) atoms. The second kappa shape index (κ2) is 9.31. The first-order valence-corrected chi connectivity index (χ1v) is 10.1. The summed E-state index contributed by atoms with van der Waals surface area (Å²) in [5.74, 6) is 1.54. The third-order valence-corrected chi connectivity index (χ3v) is 5.84. The molecule has 0 saturated carbocycles. The Bertz CT molecular complexity index is 829. The highest BCUT2D eigenvalue weighted by Gasteiger charge is 2.28. The van der Waals surface area contributed by atoms with Crippen LogP contribution in [0.4, 0.5) is 0 Å². The Kier molecular flexibility index (Phi) is 6.79. The zero-order chi connectivity index (χ0) is 21.0. The molecular formula is C22H32N4O3. The first-order chi connectivity index (χ1) is 13.9. The molecule has 0 radical (unpaired) electrons. The van der Waals surface area contributed by atoms with Crippen molar-refractivity contribution in [1.82, 2.24) is 19.6 Å². The van der Waals surface area contributed by atoms with Gasteiger partial charge in [-0.25, -0.2) is 0 Å². The largest absolute Gasteiger partial charge is 0.493 e. The predicted molar refractivity (Wildman–Crippen MR) is 113 cm³/mol. The van der Waals surface area contributed by atoms with E-state index < -0.39 is 0 Å². The molecule has 1 aliphatic rings. The molecule has 158 valence electrons. The molecule has 0 aliphatic carbocycles. The first kappa shape index (κ1) is 21.2. The van der Waals surface area contributed by atoms with E-state index >= 15 is 0 Å². The number of likely N-dealkylation sites (N-methyl/N-ethyl adjacent to an activating group) is 1. The molecule has 0 N–H and O–H groups in total. The molecule has 2 aromatic rings. The molecule has 1 aromatic carbocycles. The van der Waals surface area contributed by atoms with Crippen LogP contribution in [0, 0.1) is 6.92 Å². The molecular weight excluding hydrogens is 368 g/mol. The number of piperidine rings is 1. The van der Waals surface area contributed by atoms with Gasteiger partial charge in [0.05, 0.1) is 14.2 Å². The van der Waals surface area contributed by atoms with E-state index in [1.54, 1.807) is 18.9 Å². The van der Waals surface area contributed by atoms with Crippen molar-refractivity contribution in [3.63, 3.8) is 0 Å². The molecule has 7 nitrogen and oxygen atoms in total. The summed E-state index contributed by atoms with van der Waals surface area (Å²) < 4.78 is 12.5. The Morgan fingerprint density at radius 2 is 2.00 bits per heavy atom. The molecule has 7 heteroatoms. The summed E-state index contributed by atoms with van der Waals surface area (Å²) in [6.07, 6.45) is 3.04. The Hall–Kier alpha value is -2.54. The maximum atomic E-state index is 12.8. The van der Waals surface area contributed by atoms with Gasteiger partial charge in [-0.15, -0.1) is 0 Å². The summed E-state index contributed by atoms with van der Waals surface area (Å²) in [6, 6.07) is 8.29. The molecule has 3 rings (SSSR count). The number of nitrogens with zero attached hydrogens (tertiary/aromatic N) is 4. The van der Waals surface area contributed by atoms with Crippen molar-refractivity contribution in [2.24, 2.45) is 7.05 Å². The number of methoxy groups -OCH3 is 2. The van der Waals surface area contributed by atoms with Crippen LogP contribution in [-0.4, -0.2) is 72.4 Å². The van der Waals surface area contributed by atoms with Gasteiger partial charge in [-0.2, -0.15) is 5.10 Å². The van der Waals surface area contributed by atoms with E-state index in [4.69, 9.17) is 9.47 Å². The van der Waals surface area contributed by atoms with Crippen LogP contribution in [0.3, 0.4) is 0 Å². The normalized spacial score (nSPS) is 16.9. The monoisotopic (exact) mass is 400 g/mol. The van der Waals surface area contributed by atoms with Gasteiger partial charge in [-0.3, -0.25) is 9.48 Å². The Labute approximate surface area is 173 Å². The average molecular weight is 401 g/mol. The van der Waals surface area contributed by atoms with Crippen molar-refractivity contribution in [3.05, 3.63) is 41.2 Å². The lowest BCUT2D eigenvalue weighted by atomic mass is 10.0. The smallest absolute Gasteiger partial charge is 0.274 e. The van der Waals surface area contributed by atoms with E-state index in [-0.39, 0.29) is 5.91 Å². The molecule has 1 amide bonds. The van der Waals surface area contributed by atoms with Crippen LogP contribution >= 0.6 is 0 Å². The third kappa shape index (κ3) is 4.90. The molecule has 0 unspecified atom stereocenters. The zero-order valence-electron chi connectivity index (χ0n) is 18.1. The van der Waals surface area contributed by atoms with Crippen molar-refractivity contribution in [2.45, 2.75) is 32.2 Å². The molecule has 1 fully saturated rings. The quantitative estimate of drug-likeness (QED) is 0.715. The highest BCUT2D eigenvalue weighted by molar-refractivity contribution is 5.92. The summed E-state index contributed by atoms with van der Waals surface area (Å²) in [4.78, 5) is 17.2. The number of carbonyl (C=O) groups excluding carboxylic acids is 1. The SMILES string of the molecule is COc1ccc(CCN(C)[C@H]2CCCN(C(=O)c3cc(C)n(C)n3)C2)cc1OC. The van der Waals surface area contributed by atoms with Gasteiger partial charge in [0.15, 0.2) is 17.2 Å². The first-order valence-electron chi connectivity index (χ1n) is 10.1. The lowest BCUT2D eigenvalue weighted by molar-refractivity contribution is 0.0605. The number of ether oxygens (including phenoxy) is 2. The van der Waals surface area contributed by atoms with Crippen molar-refractivity contribution in [1.29, 1.82) is 0 Å². The number of aryl methyl sites for hydroxylation is 2. The number of rotatable bonds is 7. The lowest BCUT2D eigenvalue weighted by Crippen LogP contribution is -2.49. The van der Waals surface area contributed by atoms with Crippen LogP contribution in [0.5, 0.6) is 11.5 Å². The minimum absolute atomic E-state index is 0.0340. The molecule has 0 spiro atoms. The molecule has 1 atom stereocenters. The number of benzene rings is 1. The zero-order valence-corrected chi connectivity index (χ0v) is 18.1. The fourth-order valence-corrected chi connectivity index (χ4v) is 3.85. The van der Waals surface area contributed by atoms with Crippen LogP contribution in [0.2, 0.25) is 0 Å². The third-order valence-electron chi connectivity index (χ3n) is 5.84.